The molecule has 1 aliphatic rings. The van der Waals surface area contributed by atoms with Crippen LogP contribution in [-0.2, 0) is 11.2 Å². The third-order valence-corrected chi connectivity index (χ3v) is 5.45. The molecule has 7 heteroatoms. The summed E-state index contributed by atoms with van der Waals surface area (Å²) in [6.07, 6.45) is 1.70. The maximum Gasteiger partial charge on any atom is 0.269 e. The van der Waals surface area contributed by atoms with Gasteiger partial charge >= 0.3 is 0 Å². The van der Waals surface area contributed by atoms with Crippen LogP contribution in [0.4, 0.5) is 10.1 Å². The number of ether oxygens (including phenoxy) is 1. The number of hydrogen-bond donors (Lipinski definition) is 0. The predicted molar refractivity (Wildman–Crippen MR) is 99.2 cm³/mol. The van der Waals surface area contributed by atoms with Crippen molar-refractivity contribution in [1.82, 2.24) is 4.90 Å². The van der Waals surface area contributed by atoms with Gasteiger partial charge in [0.2, 0.25) is 0 Å². The topological polar surface area (TPSA) is 55.6 Å². The summed E-state index contributed by atoms with van der Waals surface area (Å²) in [5.74, 6) is -0.274. The summed E-state index contributed by atoms with van der Waals surface area (Å²) >= 11 is 1.51. The van der Waals surface area contributed by atoms with Crippen LogP contribution in [0.1, 0.15) is 12.0 Å². The van der Waals surface area contributed by atoms with E-state index < -0.39 is 0 Å². The molecule has 0 N–H and O–H groups in total. The van der Waals surface area contributed by atoms with Gasteiger partial charge in [-0.3, -0.25) is 15.0 Å². The number of aryl methyl sites for hydroxylation is 1. The Morgan fingerprint density at radius 1 is 1.15 bits per heavy atom. The third-order valence-electron chi connectivity index (χ3n) is 4.32. The van der Waals surface area contributed by atoms with Crippen LogP contribution in [-0.4, -0.2) is 42.7 Å². The van der Waals surface area contributed by atoms with Gasteiger partial charge < -0.3 is 4.74 Å². The number of hydrogen-bond acceptors (Lipinski definition) is 5. The van der Waals surface area contributed by atoms with Gasteiger partial charge in [0.05, 0.1) is 18.1 Å². The van der Waals surface area contributed by atoms with Crippen LogP contribution in [0.5, 0.6) is 0 Å². The number of rotatable bonds is 7. The number of nitro benzene ring substituents is 1. The lowest BCUT2D eigenvalue weighted by Crippen LogP contribution is -2.36. The summed E-state index contributed by atoms with van der Waals surface area (Å²) in [7, 11) is 0. The van der Waals surface area contributed by atoms with Gasteiger partial charge in [0.25, 0.3) is 5.69 Å². The lowest BCUT2D eigenvalue weighted by Gasteiger charge is -2.26. The smallest absolute Gasteiger partial charge is 0.269 e. The quantitative estimate of drug-likeness (QED) is 0.537. The summed E-state index contributed by atoms with van der Waals surface area (Å²) in [6, 6.07) is 11.3. The van der Waals surface area contributed by atoms with Gasteiger partial charge in [-0.25, -0.2) is 4.39 Å². The second-order valence-corrected chi connectivity index (χ2v) is 7.28. The van der Waals surface area contributed by atoms with Crippen molar-refractivity contribution in [1.29, 1.82) is 0 Å². The first kappa shape index (κ1) is 18.8. The first-order valence-electron chi connectivity index (χ1n) is 8.62. The Kier molecular flexibility index (Phi) is 6.60. The summed E-state index contributed by atoms with van der Waals surface area (Å²) in [5, 5.41) is 11.1. The fraction of sp³-hybridized carbons (Fsp3) is 0.368. The molecule has 138 valence electrons. The minimum atomic E-state index is -0.363. The molecule has 2 aromatic carbocycles. The monoisotopic (exact) mass is 376 g/mol. The molecule has 0 radical (unpaired) electrons. The van der Waals surface area contributed by atoms with E-state index in [0.29, 0.717) is 0 Å². The van der Waals surface area contributed by atoms with Crippen LogP contribution in [0, 0.1) is 15.9 Å². The van der Waals surface area contributed by atoms with E-state index in [1.54, 1.807) is 24.3 Å². The van der Waals surface area contributed by atoms with E-state index in [-0.39, 0.29) is 16.4 Å². The van der Waals surface area contributed by atoms with Crippen LogP contribution in [0.25, 0.3) is 0 Å². The Hall–Kier alpha value is -1.96. The number of non-ortho nitro benzene ring substituents is 1. The van der Waals surface area contributed by atoms with Crippen molar-refractivity contribution >= 4 is 17.4 Å². The number of nitro groups is 1. The molecule has 0 aliphatic carbocycles. The molecule has 1 heterocycles. The predicted octanol–water partition coefficient (Wildman–Crippen LogP) is 4.15. The maximum atomic E-state index is 13.1. The second kappa shape index (κ2) is 9.12. The van der Waals surface area contributed by atoms with Crippen LogP contribution in [0.3, 0.4) is 0 Å². The highest BCUT2D eigenvalue weighted by Gasteiger charge is 2.14. The van der Waals surface area contributed by atoms with E-state index in [4.69, 9.17) is 4.74 Å². The molecular weight excluding hydrogens is 355 g/mol. The van der Waals surface area contributed by atoms with Crippen molar-refractivity contribution in [2.75, 3.05) is 32.8 Å². The molecule has 0 unspecified atom stereocenters. The zero-order valence-electron chi connectivity index (χ0n) is 14.4. The molecule has 5 nitrogen and oxygen atoms in total. The lowest BCUT2D eigenvalue weighted by atomic mass is 10.1. The van der Waals surface area contributed by atoms with E-state index in [2.05, 4.69) is 4.90 Å². The highest BCUT2D eigenvalue weighted by atomic mass is 32.2. The standard InChI is InChI=1S/C19H21FN2O3S/c20-16-3-6-18(7-4-16)26-19-8-5-17(22(23)24)14-15(19)2-1-9-21-10-12-25-13-11-21/h3-8,14H,1-2,9-13H2. The van der Waals surface area contributed by atoms with Gasteiger partial charge in [-0.1, -0.05) is 11.8 Å². The Morgan fingerprint density at radius 2 is 1.88 bits per heavy atom. The zero-order valence-corrected chi connectivity index (χ0v) is 15.2. The molecule has 3 rings (SSSR count). The van der Waals surface area contributed by atoms with Crippen molar-refractivity contribution in [3.05, 3.63) is 64.0 Å². The summed E-state index contributed by atoms with van der Waals surface area (Å²) in [5.41, 5.74) is 1.07. The number of benzene rings is 2. The Balaban J connectivity index is 1.70. The number of halogens is 1. The van der Waals surface area contributed by atoms with Gasteiger partial charge in [-0.2, -0.15) is 0 Å². The van der Waals surface area contributed by atoms with E-state index in [9.17, 15) is 14.5 Å². The number of morpholine rings is 1. The molecule has 1 aliphatic heterocycles. The highest BCUT2D eigenvalue weighted by molar-refractivity contribution is 7.99. The van der Waals surface area contributed by atoms with Gasteiger partial charge in [0.1, 0.15) is 5.82 Å². The summed E-state index contributed by atoms with van der Waals surface area (Å²) < 4.78 is 18.4. The molecule has 0 atom stereocenters. The fourth-order valence-corrected chi connectivity index (χ4v) is 3.88. The van der Waals surface area contributed by atoms with Crippen molar-refractivity contribution in [2.24, 2.45) is 0 Å². The Morgan fingerprint density at radius 3 is 2.58 bits per heavy atom. The van der Waals surface area contributed by atoms with Crippen LogP contribution < -0.4 is 0 Å². The summed E-state index contributed by atoms with van der Waals surface area (Å²) in [6.45, 7) is 4.36. The van der Waals surface area contributed by atoms with Crippen LogP contribution in [0.15, 0.2) is 52.3 Å². The van der Waals surface area contributed by atoms with Crippen molar-refractivity contribution in [3.63, 3.8) is 0 Å². The lowest BCUT2D eigenvalue weighted by molar-refractivity contribution is -0.385. The van der Waals surface area contributed by atoms with Gasteiger partial charge in [-0.15, -0.1) is 0 Å². The molecule has 0 bridgehead atoms. The molecule has 0 saturated carbocycles. The average molecular weight is 376 g/mol. The van der Waals surface area contributed by atoms with E-state index in [0.717, 1.165) is 61.0 Å². The van der Waals surface area contributed by atoms with Crippen molar-refractivity contribution < 1.29 is 14.1 Å². The van der Waals surface area contributed by atoms with E-state index in [1.807, 2.05) is 0 Å². The molecule has 2 aromatic rings. The number of nitrogens with zero attached hydrogens (tertiary/aromatic N) is 2. The largest absolute Gasteiger partial charge is 0.379 e. The summed E-state index contributed by atoms with van der Waals surface area (Å²) in [4.78, 5) is 15.0. The van der Waals surface area contributed by atoms with Crippen molar-refractivity contribution in [3.8, 4) is 0 Å². The molecule has 0 aromatic heterocycles. The van der Waals surface area contributed by atoms with Gasteiger partial charge in [0, 0.05) is 35.0 Å². The SMILES string of the molecule is O=[N+]([O-])c1ccc(Sc2ccc(F)cc2)c(CCCN2CCOCC2)c1. The molecule has 26 heavy (non-hydrogen) atoms. The second-order valence-electron chi connectivity index (χ2n) is 6.16. The molecule has 1 fully saturated rings. The zero-order chi connectivity index (χ0) is 18.4. The first-order chi connectivity index (χ1) is 12.6. The molecule has 0 amide bonds. The molecule has 0 spiro atoms. The van der Waals surface area contributed by atoms with Gasteiger partial charge in [-0.05, 0) is 55.3 Å². The van der Waals surface area contributed by atoms with E-state index >= 15 is 0 Å². The van der Waals surface area contributed by atoms with E-state index in [1.165, 1.54) is 30.0 Å². The highest BCUT2D eigenvalue weighted by Crippen LogP contribution is 2.33. The Labute approximate surface area is 156 Å². The molecular formula is C19H21FN2O3S. The normalized spacial score (nSPS) is 15.1. The molecule has 1 saturated heterocycles. The average Bonchev–Trinajstić information content (AvgIpc) is 2.65. The third kappa shape index (κ3) is 5.27. The maximum absolute atomic E-state index is 13.1. The van der Waals surface area contributed by atoms with Crippen LogP contribution >= 0.6 is 11.8 Å². The van der Waals surface area contributed by atoms with Crippen molar-refractivity contribution in [2.45, 2.75) is 22.6 Å². The van der Waals surface area contributed by atoms with Gasteiger partial charge in [0.15, 0.2) is 0 Å². The Bertz CT molecular complexity index is 749. The first-order valence-corrected chi connectivity index (χ1v) is 9.44. The van der Waals surface area contributed by atoms with Crippen LogP contribution in [0.2, 0.25) is 0 Å². The minimum absolute atomic E-state index is 0.106. The minimum Gasteiger partial charge on any atom is -0.379 e. The fourth-order valence-electron chi connectivity index (χ4n) is 2.92.